The molecule has 0 bridgehead atoms. The Balaban J connectivity index is 1.91. The second-order valence-electron chi connectivity index (χ2n) is 5.35. The molecule has 0 saturated heterocycles. The molecule has 1 aromatic heterocycles. The molecule has 0 amide bonds. The zero-order valence-corrected chi connectivity index (χ0v) is 12.8. The van der Waals surface area contributed by atoms with Gasteiger partial charge in [0.1, 0.15) is 0 Å². The summed E-state index contributed by atoms with van der Waals surface area (Å²) in [5, 5.41) is 0. The second-order valence-corrected chi connectivity index (χ2v) is 5.35. The predicted molar refractivity (Wildman–Crippen MR) is 84.6 cm³/mol. The van der Waals surface area contributed by atoms with Crippen molar-refractivity contribution < 1.29 is 0 Å². The quantitative estimate of drug-likeness (QED) is 0.791. The largest absolute Gasteiger partial charge is 0.296 e. The molecule has 1 heterocycles. The standard InChI is InChI=1S/C18H24N2/c1-4-15-6-8-17(9-7-15)13-20(3)14-18-11-10-16(5-2)12-19-18/h6-12H,4-5,13-14H2,1-3H3. The number of aromatic nitrogens is 1. The number of pyridine rings is 1. The van der Waals surface area contributed by atoms with Crippen LogP contribution in [-0.4, -0.2) is 16.9 Å². The van der Waals surface area contributed by atoms with E-state index in [1.165, 1.54) is 16.7 Å². The first-order valence-electron chi connectivity index (χ1n) is 7.41. The van der Waals surface area contributed by atoms with E-state index in [2.05, 4.69) is 67.2 Å². The van der Waals surface area contributed by atoms with Gasteiger partial charge in [0, 0.05) is 19.3 Å². The van der Waals surface area contributed by atoms with Crippen LogP contribution in [-0.2, 0) is 25.9 Å². The topological polar surface area (TPSA) is 16.1 Å². The smallest absolute Gasteiger partial charge is 0.0544 e. The molecule has 2 heteroatoms. The molecule has 2 rings (SSSR count). The summed E-state index contributed by atoms with van der Waals surface area (Å²) in [6.45, 7) is 6.19. The SMILES string of the molecule is CCc1ccc(CN(C)Cc2ccc(CC)cn2)cc1. The summed E-state index contributed by atoms with van der Waals surface area (Å²) < 4.78 is 0. The van der Waals surface area contributed by atoms with Crippen LogP contribution in [0, 0.1) is 0 Å². The number of rotatable bonds is 6. The minimum absolute atomic E-state index is 0.888. The maximum atomic E-state index is 4.52. The second kappa shape index (κ2) is 7.20. The van der Waals surface area contributed by atoms with E-state index >= 15 is 0 Å². The van der Waals surface area contributed by atoms with E-state index in [1.807, 2.05) is 6.20 Å². The monoisotopic (exact) mass is 268 g/mol. The lowest BCUT2D eigenvalue weighted by Crippen LogP contribution is -2.18. The van der Waals surface area contributed by atoms with Crippen molar-refractivity contribution in [1.82, 2.24) is 9.88 Å². The summed E-state index contributed by atoms with van der Waals surface area (Å²) >= 11 is 0. The van der Waals surface area contributed by atoms with Crippen LogP contribution in [0.15, 0.2) is 42.6 Å². The van der Waals surface area contributed by atoms with E-state index in [-0.39, 0.29) is 0 Å². The Hall–Kier alpha value is -1.67. The molecule has 0 unspecified atom stereocenters. The van der Waals surface area contributed by atoms with Crippen molar-refractivity contribution in [3.63, 3.8) is 0 Å². The molecule has 0 radical (unpaired) electrons. The van der Waals surface area contributed by atoms with Gasteiger partial charge in [-0.25, -0.2) is 0 Å². The third-order valence-electron chi connectivity index (χ3n) is 3.61. The Morgan fingerprint density at radius 2 is 1.40 bits per heavy atom. The molecule has 0 N–H and O–H groups in total. The van der Waals surface area contributed by atoms with Gasteiger partial charge in [0.05, 0.1) is 5.69 Å². The highest BCUT2D eigenvalue weighted by atomic mass is 15.1. The van der Waals surface area contributed by atoms with Crippen LogP contribution in [0.3, 0.4) is 0 Å². The highest BCUT2D eigenvalue weighted by molar-refractivity contribution is 5.22. The molecule has 20 heavy (non-hydrogen) atoms. The van der Waals surface area contributed by atoms with Gasteiger partial charge in [0.25, 0.3) is 0 Å². The van der Waals surface area contributed by atoms with Crippen LogP contribution in [0.1, 0.15) is 36.2 Å². The summed E-state index contributed by atoms with van der Waals surface area (Å²) in [4.78, 5) is 6.82. The van der Waals surface area contributed by atoms with Crippen molar-refractivity contribution in [2.75, 3.05) is 7.05 Å². The fourth-order valence-corrected chi connectivity index (χ4v) is 2.28. The average Bonchev–Trinajstić information content (AvgIpc) is 2.49. The zero-order valence-electron chi connectivity index (χ0n) is 12.8. The molecular formula is C18H24N2. The molecule has 0 aliphatic carbocycles. The first-order valence-corrected chi connectivity index (χ1v) is 7.41. The Kier molecular flexibility index (Phi) is 5.31. The van der Waals surface area contributed by atoms with Gasteiger partial charge in [-0.15, -0.1) is 0 Å². The maximum Gasteiger partial charge on any atom is 0.0544 e. The van der Waals surface area contributed by atoms with Crippen molar-refractivity contribution >= 4 is 0 Å². The highest BCUT2D eigenvalue weighted by Crippen LogP contribution is 2.10. The van der Waals surface area contributed by atoms with Crippen LogP contribution in [0.25, 0.3) is 0 Å². The lowest BCUT2D eigenvalue weighted by molar-refractivity contribution is 0.315. The summed E-state index contributed by atoms with van der Waals surface area (Å²) in [5.74, 6) is 0. The van der Waals surface area contributed by atoms with Crippen molar-refractivity contribution in [1.29, 1.82) is 0 Å². The molecule has 0 aliphatic rings. The van der Waals surface area contributed by atoms with Gasteiger partial charge in [0.15, 0.2) is 0 Å². The molecule has 2 aromatic rings. The van der Waals surface area contributed by atoms with E-state index in [9.17, 15) is 0 Å². The van der Waals surface area contributed by atoms with Crippen LogP contribution in [0.5, 0.6) is 0 Å². The normalized spacial score (nSPS) is 11.0. The maximum absolute atomic E-state index is 4.52. The minimum Gasteiger partial charge on any atom is -0.296 e. The number of hydrogen-bond donors (Lipinski definition) is 0. The molecule has 0 saturated carbocycles. The number of aryl methyl sites for hydroxylation is 2. The van der Waals surface area contributed by atoms with Crippen LogP contribution < -0.4 is 0 Å². The van der Waals surface area contributed by atoms with E-state index in [0.717, 1.165) is 31.6 Å². The molecule has 1 aromatic carbocycles. The molecule has 2 nitrogen and oxygen atoms in total. The molecule has 0 fully saturated rings. The lowest BCUT2D eigenvalue weighted by atomic mass is 10.1. The Labute approximate surface area is 122 Å². The average molecular weight is 268 g/mol. The Morgan fingerprint density at radius 3 is 1.95 bits per heavy atom. The summed E-state index contributed by atoms with van der Waals surface area (Å²) in [7, 11) is 2.14. The van der Waals surface area contributed by atoms with Gasteiger partial charge in [-0.3, -0.25) is 9.88 Å². The minimum atomic E-state index is 0.888. The van der Waals surface area contributed by atoms with Gasteiger partial charge < -0.3 is 0 Å². The number of benzene rings is 1. The first kappa shape index (κ1) is 14.7. The number of hydrogen-bond acceptors (Lipinski definition) is 2. The highest BCUT2D eigenvalue weighted by Gasteiger charge is 2.03. The fraction of sp³-hybridized carbons (Fsp3) is 0.389. The van der Waals surface area contributed by atoms with Gasteiger partial charge in [0.2, 0.25) is 0 Å². The third-order valence-corrected chi connectivity index (χ3v) is 3.61. The van der Waals surface area contributed by atoms with Gasteiger partial charge >= 0.3 is 0 Å². The number of nitrogens with zero attached hydrogens (tertiary/aromatic N) is 2. The van der Waals surface area contributed by atoms with Crippen molar-refractivity contribution in [3.05, 3.63) is 65.0 Å². The zero-order chi connectivity index (χ0) is 14.4. The van der Waals surface area contributed by atoms with Gasteiger partial charge in [-0.2, -0.15) is 0 Å². The molecule has 106 valence electrons. The van der Waals surface area contributed by atoms with E-state index < -0.39 is 0 Å². The van der Waals surface area contributed by atoms with Crippen LogP contribution in [0.4, 0.5) is 0 Å². The summed E-state index contributed by atoms with van der Waals surface area (Å²) in [6.07, 6.45) is 4.13. The van der Waals surface area contributed by atoms with Gasteiger partial charge in [-0.05, 0) is 42.6 Å². The Bertz CT molecular complexity index is 465. The van der Waals surface area contributed by atoms with Crippen LogP contribution >= 0.6 is 0 Å². The fourth-order valence-electron chi connectivity index (χ4n) is 2.28. The third kappa shape index (κ3) is 4.17. The first-order chi connectivity index (χ1) is 9.71. The van der Waals surface area contributed by atoms with E-state index in [4.69, 9.17) is 0 Å². The van der Waals surface area contributed by atoms with Crippen molar-refractivity contribution in [2.45, 2.75) is 39.8 Å². The summed E-state index contributed by atoms with van der Waals surface area (Å²) in [6, 6.07) is 13.2. The van der Waals surface area contributed by atoms with Crippen molar-refractivity contribution in [3.8, 4) is 0 Å². The van der Waals surface area contributed by atoms with Crippen molar-refractivity contribution in [2.24, 2.45) is 0 Å². The molecule has 0 aliphatic heterocycles. The molecular weight excluding hydrogens is 244 g/mol. The molecule has 0 atom stereocenters. The summed E-state index contributed by atoms with van der Waals surface area (Å²) in [5.41, 5.74) is 5.18. The van der Waals surface area contributed by atoms with Gasteiger partial charge in [-0.1, -0.05) is 44.2 Å². The Morgan fingerprint density at radius 1 is 0.800 bits per heavy atom. The lowest BCUT2D eigenvalue weighted by Gasteiger charge is -2.16. The predicted octanol–water partition coefficient (Wildman–Crippen LogP) is 3.84. The van der Waals surface area contributed by atoms with Crippen LogP contribution in [0.2, 0.25) is 0 Å². The van der Waals surface area contributed by atoms with E-state index in [0.29, 0.717) is 0 Å². The molecule has 0 spiro atoms. The van der Waals surface area contributed by atoms with E-state index in [1.54, 1.807) is 0 Å².